The van der Waals surface area contributed by atoms with Crippen LogP contribution in [0, 0.1) is 0 Å². The zero-order valence-electron chi connectivity index (χ0n) is 16.0. The molecule has 2 aromatic carbocycles. The van der Waals surface area contributed by atoms with Gasteiger partial charge in [0.25, 0.3) is 5.91 Å². The van der Waals surface area contributed by atoms with Gasteiger partial charge in [0.2, 0.25) is 5.91 Å². The first kappa shape index (κ1) is 19.9. The van der Waals surface area contributed by atoms with E-state index in [1.54, 1.807) is 37.3 Å². The average molecular weight is 400 g/mol. The number of halogens is 1. The van der Waals surface area contributed by atoms with Crippen molar-refractivity contribution in [2.24, 2.45) is 0 Å². The average Bonchev–Trinajstić information content (AvgIpc) is 2.86. The molecule has 2 N–H and O–H groups in total. The van der Waals surface area contributed by atoms with Crippen molar-refractivity contribution in [3.63, 3.8) is 0 Å². The highest BCUT2D eigenvalue weighted by molar-refractivity contribution is 6.32. The van der Waals surface area contributed by atoms with Gasteiger partial charge in [-0.15, -0.1) is 0 Å². The summed E-state index contributed by atoms with van der Waals surface area (Å²) >= 11 is 6.21. The van der Waals surface area contributed by atoms with Crippen LogP contribution in [-0.2, 0) is 15.1 Å². The van der Waals surface area contributed by atoms with Crippen LogP contribution in [-0.4, -0.2) is 29.3 Å². The van der Waals surface area contributed by atoms with Gasteiger partial charge in [0, 0.05) is 16.3 Å². The highest BCUT2D eigenvalue weighted by atomic mass is 35.5. The van der Waals surface area contributed by atoms with Crippen LogP contribution in [0.15, 0.2) is 48.5 Å². The number of amides is 4. The highest BCUT2D eigenvalue weighted by Crippen LogP contribution is 2.33. The summed E-state index contributed by atoms with van der Waals surface area (Å²) in [6, 6.07) is 13.6. The van der Waals surface area contributed by atoms with E-state index < -0.39 is 23.4 Å². The number of para-hydroxylation sites is 1. The van der Waals surface area contributed by atoms with Gasteiger partial charge in [0.05, 0.1) is 0 Å². The Hall–Kier alpha value is -2.86. The van der Waals surface area contributed by atoms with E-state index in [4.69, 9.17) is 11.6 Å². The number of hydrogen-bond acceptors (Lipinski definition) is 3. The minimum atomic E-state index is -1.31. The Morgan fingerprint density at radius 3 is 2.46 bits per heavy atom. The van der Waals surface area contributed by atoms with Gasteiger partial charge in [0.1, 0.15) is 12.1 Å². The molecule has 28 heavy (non-hydrogen) atoms. The van der Waals surface area contributed by atoms with Crippen LogP contribution in [0.4, 0.5) is 10.5 Å². The van der Waals surface area contributed by atoms with Crippen molar-refractivity contribution in [1.82, 2.24) is 10.2 Å². The van der Waals surface area contributed by atoms with Gasteiger partial charge in [-0.3, -0.25) is 14.5 Å². The summed E-state index contributed by atoms with van der Waals surface area (Å²) in [6.07, 6.45) is 0. The molecule has 146 valence electrons. The first-order valence-electron chi connectivity index (χ1n) is 9.02. The lowest BCUT2D eigenvalue weighted by Gasteiger charge is -2.23. The fourth-order valence-corrected chi connectivity index (χ4v) is 3.66. The summed E-state index contributed by atoms with van der Waals surface area (Å²) in [5.41, 5.74) is 0.825. The lowest BCUT2D eigenvalue weighted by atomic mass is 9.92. The Kier molecular flexibility index (Phi) is 5.42. The summed E-state index contributed by atoms with van der Waals surface area (Å²) in [7, 11) is 0. The van der Waals surface area contributed by atoms with Gasteiger partial charge in [-0.25, -0.2) is 4.79 Å². The smallest absolute Gasteiger partial charge is 0.324 e. The Bertz CT molecular complexity index is 944. The van der Waals surface area contributed by atoms with Crippen LogP contribution >= 0.6 is 11.6 Å². The summed E-state index contributed by atoms with van der Waals surface area (Å²) in [5, 5.41) is 5.83. The lowest BCUT2D eigenvalue weighted by Crippen LogP contribution is -2.42. The van der Waals surface area contributed by atoms with Gasteiger partial charge < -0.3 is 10.6 Å². The second-order valence-electron chi connectivity index (χ2n) is 7.22. The fraction of sp³-hybridized carbons (Fsp3) is 0.286. The van der Waals surface area contributed by atoms with Crippen LogP contribution in [0.2, 0.25) is 5.02 Å². The van der Waals surface area contributed by atoms with E-state index in [-0.39, 0.29) is 12.5 Å². The molecule has 0 aliphatic carbocycles. The minimum Gasteiger partial charge on any atom is -0.324 e. The first-order chi connectivity index (χ1) is 13.2. The van der Waals surface area contributed by atoms with Crippen LogP contribution in [0.5, 0.6) is 0 Å². The van der Waals surface area contributed by atoms with E-state index >= 15 is 0 Å². The van der Waals surface area contributed by atoms with E-state index in [1.165, 1.54) is 0 Å². The zero-order chi connectivity index (χ0) is 20.5. The number of nitrogens with one attached hydrogen (secondary N) is 2. The normalized spacial score (nSPS) is 19.1. The summed E-state index contributed by atoms with van der Waals surface area (Å²) in [4.78, 5) is 38.8. The minimum absolute atomic E-state index is 0.219. The quantitative estimate of drug-likeness (QED) is 0.749. The van der Waals surface area contributed by atoms with Crippen molar-refractivity contribution >= 4 is 35.1 Å². The Morgan fingerprint density at radius 2 is 1.79 bits per heavy atom. The van der Waals surface area contributed by atoms with Crippen LogP contribution in [0.25, 0.3) is 0 Å². The molecule has 0 radical (unpaired) electrons. The molecule has 1 heterocycles. The third kappa shape index (κ3) is 3.60. The largest absolute Gasteiger partial charge is 0.325 e. The zero-order valence-corrected chi connectivity index (χ0v) is 16.7. The first-order valence-corrected chi connectivity index (χ1v) is 9.39. The second kappa shape index (κ2) is 7.64. The van der Waals surface area contributed by atoms with Crippen molar-refractivity contribution in [3.8, 4) is 0 Å². The highest BCUT2D eigenvalue weighted by Gasteiger charge is 2.50. The van der Waals surface area contributed by atoms with Gasteiger partial charge in [0.15, 0.2) is 0 Å². The fourth-order valence-electron chi connectivity index (χ4n) is 3.34. The summed E-state index contributed by atoms with van der Waals surface area (Å²) in [6.45, 7) is 5.26. The van der Waals surface area contributed by atoms with Crippen molar-refractivity contribution in [2.75, 3.05) is 11.9 Å². The number of benzene rings is 2. The van der Waals surface area contributed by atoms with E-state index in [2.05, 4.69) is 10.6 Å². The monoisotopic (exact) mass is 399 g/mol. The topological polar surface area (TPSA) is 78.5 Å². The van der Waals surface area contributed by atoms with Gasteiger partial charge >= 0.3 is 6.03 Å². The molecular formula is C21H22ClN3O3. The molecule has 1 aliphatic heterocycles. The van der Waals surface area contributed by atoms with Crippen molar-refractivity contribution < 1.29 is 14.4 Å². The molecule has 1 aliphatic rings. The number of carbonyl (C=O) groups is 3. The molecule has 0 saturated carbocycles. The molecule has 7 heteroatoms. The van der Waals surface area contributed by atoms with Crippen molar-refractivity contribution in [2.45, 2.75) is 32.2 Å². The van der Waals surface area contributed by atoms with E-state index in [9.17, 15) is 14.4 Å². The molecule has 1 fully saturated rings. The lowest BCUT2D eigenvalue weighted by molar-refractivity contribution is -0.133. The number of hydrogen-bond donors (Lipinski definition) is 2. The molecule has 0 spiro atoms. The van der Waals surface area contributed by atoms with Gasteiger partial charge in [-0.2, -0.15) is 0 Å². The maximum Gasteiger partial charge on any atom is 0.325 e. The van der Waals surface area contributed by atoms with Gasteiger partial charge in [-0.05, 0) is 30.5 Å². The van der Waals surface area contributed by atoms with E-state index in [0.29, 0.717) is 16.3 Å². The molecule has 0 aromatic heterocycles. The molecule has 2 aromatic rings. The third-order valence-electron chi connectivity index (χ3n) is 4.85. The van der Waals surface area contributed by atoms with E-state index in [0.717, 1.165) is 10.5 Å². The van der Waals surface area contributed by atoms with Crippen LogP contribution in [0.1, 0.15) is 37.8 Å². The number of anilines is 1. The number of carbonyl (C=O) groups excluding carboxylic acids is 3. The second-order valence-corrected chi connectivity index (χ2v) is 7.62. The number of imide groups is 1. The number of urea groups is 1. The molecule has 6 nitrogen and oxygen atoms in total. The Balaban J connectivity index is 1.78. The Labute approximate surface area is 168 Å². The maximum atomic E-state index is 13.0. The number of nitrogens with zero attached hydrogens (tertiary/aromatic N) is 1. The molecule has 3 rings (SSSR count). The van der Waals surface area contributed by atoms with Crippen LogP contribution < -0.4 is 10.6 Å². The standard InChI is InChI=1S/C21H22ClN3O3/c1-13(2)14-8-4-7-11-17(14)23-18(26)12-25-19(27)21(3,24-20(25)28)15-9-5-6-10-16(15)22/h4-11,13H,12H2,1-3H3,(H,23,26)(H,24,28). The van der Waals surface area contributed by atoms with Crippen LogP contribution in [0.3, 0.4) is 0 Å². The molecular weight excluding hydrogens is 378 g/mol. The van der Waals surface area contributed by atoms with Crippen molar-refractivity contribution in [1.29, 1.82) is 0 Å². The molecule has 4 amide bonds. The van der Waals surface area contributed by atoms with E-state index in [1.807, 2.05) is 32.0 Å². The SMILES string of the molecule is CC(C)c1ccccc1NC(=O)CN1C(=O)NC(C)(c2ccccc2Cl)C1=O. The summed E-state index contributed by atoms with van der Waals surface area (Å²) in [5.74, 6) is -0.741. The predicted octanol–water partition coefficient (Wildman–Crippen LogP) is 3.87. The molecule has 1 atom stereocenters. The van der Waals surface area contributed by atoms with Gasteiger partial charge in [-0.1, -0.05) is 61.8 Å². The molecule has 1 unspecified atom stereocenters. The number of rotatable bonds is 5. The molecule has 1 saturated heterocycles. The summed E-state index contributed by atoms with van der Waals surface area (Å²) < 4.78 is 0. The predicted molar refractivity (Wildman–Crippen MR) is 108 cm³/mol. The van der Waals surface area contributed by atoms with Crippen molar-refractivity contribution in [3.05, 3.63) is 64.7 Å². The third-order valence-corrected chi connectivity index (χ3v) is 5.18. The maximum absolute atomic E-state index is 13.0. The molecule has 0 bridgehead atoms. The Morgan fingerprint density at radius 1 is 1.14 bits per heavy atom.